The molecule has 1 saturated carbocycles. The molecule has 1 aliphatic carbocycles. The predicted molar refractivity (Wildman–Crippen MR) is 124 cm³/mol. The maximum atomic E-state index is 14.7. The molecule has 35 heavy (non-hydrogen) atoms. The summed E-state index contributed by atoms with van der Waals surface area (Å²) >= 11 is 0. The van der Waals surface area contributed by atoms with Crippen LogP contribution < -0.4 is 10.9 Å². The Labute approximate surface area is 203 Å². The van der Waals surface area contributed by atoms with Crippen LogP contribution >= 0.6 is 0 Å². The average molecular weight is 481 g/mol. The Kier molecular flexibility index (Phi) is 6.72. The molecule has 0 bridgehead atoms. The number of rotatable bonds is 4. The zero-order chi connectivity index (χ0) is 24.4. The van der Waals surface area contributed by atoms with Gasteiger partial charge in [0.25, 0.3) is 11.8 Å². The van der Waals surface area contributed by atoms with Gasteiger partial charge in [-0.1, -0.05) is 18.9 Å². The van der Waals surface area contributed by atoms with Crippen molar-refractivity contribution >= 4 is 17.7 Å². The topological polar surface area (TPSA) is 108 Å². The number of hydrazine groups is 1. The van der Waals surface area contributed by atoms with Crippen LogP contribution in [0.25, 0.3) is 0 Å². The smallest absolute Gasteiger partial charge is 0.257 e. The molecule has 3 atom stereocenters. The number of nitrogens with one attached hydrogen (secondary N) is 2. The van der Waals surface area contributed by atoms with Crippen LogP contribution in [0, 0.1) is 17.7 Å². The van der Waals surface area contributed by atoms with Crippen LogP contribution in [0.5, 0.6) is 0 Å². The van der Waals surface area contributed by atoms with Gasteiger partial charge in [0, 0.05) is 50.5 Å². The lowest BCUT2D eigenvalue weighted by Gasteiger charge is -2.41. The van der Waals surface area contributed by atoms with E-state index in [1.807, 2.05) is 0 Å². The van der Waals surface area contributed by atoms with Crippen LogP contribution in [0.15, 0.2) is 36.9 Å². The minimum atomic E-state index is -0.556. The number of carbonyl (C=O) groups excluding carboxylic acids is 3. The quantitative estimate of drug-likeness (QED) is 0.688. The zero-order valence-electron chi connectivity index (χ0n) is 19.5. The minimum absolute atomic E-state index is 0.0120. The summed E-state index contributed by atoms with van der Waals surface area (Å²) in [5.74, 6) is -0.809. The van der Waals surface area contributed by atoms with Crippen molar-refractivity contribution in [3.8, 4) is 0 Å². The molecular formula is C25H29FN6O3. The Morgan fingerprint density at radius 3 is 2.43 bits per heavy atom. The van der Waals surface area contributed by atoms with E-state index in [1.54, 1.807) is 21.9 Å². The summed E-state index contributed by atoms with van der Waals surface area (Å²) in [4.78, 5) is 49.0. The summed E-state index contributed by atoms with van der Waals surface area (Å²) in [7, 11) is 0. The lowest BCUT2D eigenvalue weighted by molar-refractivity contribution is -0.133. The van der Waals surface area contributed by atoms with Crippen molar-refractivity contribution < 1.29 is 18.8 Å². The fourth-order valence-corrected chi connectivity index (χ4v) is 5.52. The second-order valence-electron chi connectivity index (χ2n) is 9.52. The third kappa shape index (κ3) is 4.88. The van der Waals surface area contributed by atoms with E-state index in [9.17, 15) is 18.8 Å². The highest BCUT2D eigenvalue weighted by atomic mass is 19.1. The van der Waals surface area contributed by atoms with E-state index < -0.39 is 5.82 Å². The first-order valence-electron chi connectivity index (χ1n) is 12.2. The second kappa shape index (κ2) is 10.1. The number of fused-ring (bicyclic) bond motifs is 1. The number of carbonyl (C=O) groups is 3. The number of halogens is 1. The van der Waals surface area contributed by atoms with Gasteiger partial charge in [-0.05, 0) is 42.9 Å². The Morgan fingerprint density at radius 1 is 1.00 bits per heavy atom. The Balaban J connectivity index is 1.24. The fourth-order valence-electron chi connectivity index (χ4n) is 5.52. The minimum Gasteiger partial charge on any atom is -0.335 e. The van der Waals surface area contributed by atoms with E-state index in [0.717, 1.165) is 31.2 Å². The molecular weight excluding hydrogens is 451 g/mol. The van der Waals surface area contributed by atoms with Gasteiger partial charge in [0.2, 0.25) is 5.91 Å². The van der Waals surface area contributed by atoms with Gasteiger partial charge in [-0.25, -0.2) is 19.8 Å². The molecule has 1 aromatic heterocycles. The highest BCUT2D eigenvalue weighted by molar-refractivity contribution is 5.96. The molecule has 3 aliphatic rings. The van der Waals surface area contributed by atoms with Crippen LogP contribution in [-0.4, -0.2) is 69.7 Å². The van der Waals surface area contributed by atoms with Gasteiger partial charge in [-0.15, -0.1) is 0 Å². The molecule has 0 radical (unpaired) electrons. The lowest BCUT2D eigenvalue weighted by Crippen LogP contribution is -2.60. The van der Waals surface area contributed by atoms with Crippen molar-refractivity contribution in [3.05, 3.63) is 59.4 Å². The lowest BCUT2D eigenvalue weighted by atomic mass is 9.72. The highest BCUT2D eigenvalue weighted by Gasteiger charge is 2.40. The van der Waals surface area contributed by atoms with Gasteiger partial charge in [0.15, 0.2) is 0 Å². The number of hydrogen-bond acceptors (Lipinski definition) is 6. The standard InChI is InChI=1S/C25H29FN6O3/c26-21-6-5-16(12-22-18-3-1-2-4-19(18)23(33)30-29-22)11-20(21)25(35)32-9-7-31(8-10-32)24(34)17-13-27-15-28-14-17/h5-6,11,13-15,18-19,22,29H,1-4,7-10,12H2,(H,30,33). The van der Waals surface area contributed by atoms with Gasteiger partial charge in [-0.3, -0.25) is 19.8 Å². The van der Waals surface area contributed by atoms with E-state index >= 15 is 0 Å². The van der Waals surface area contributed by atoms with Crippen LogP contribution in [0.1, 0.15) is 52.0 Å². The first kappa shape index (κ1) is 23.3. The normalized spacial score (nSPS) is 24.5. The molecule has 184 valence electrons. The van der Waals surface area contributed by atoms with Crippen molar-refractivity contribution in [1.82, 2.24) is 30.6 Å². The maximum Gasteiger partial charge on any atom is 0.257 e. The summed E-state index contributed by atoms with van der Waals surface area (Å²) < 4.78 is 14.7. The van der Waals surface area contributed by atoms with E-state index in [4.69, 9.17) is 0 Å². The predicted octanol–water partition coefficient (Wildman–Crippen LogP) is 1.57. The number of aromatic nitrogens is 2. The van der Waals surface area contributed by atoms with Gasteiger partial charge in [0.1, 0.15) is 12.1 Å². The Bertz CT molecular complexity index is 1110. The largest absolute Gasteiger partial charge is 0.335 e. The SMILES string of the molecule is O=C1NNC(Cc2ccc(F)c(C(=O)N3CCN(C(=O)c4cncnc4)CC3)c2)C2CCCCC12. The molecule has 2 N–H and O–H groups in total. The van der Waals surface area contributed by atoms with Gasteiger partial charge < -0.3 is 9.80 Å². The van der Waals surface area contributed by atoms with E-state index in [1.165, 1.54) is 24.8 Å². The van der Waals surface area contributed by atoms with Crippen LogP contribution in [0.4, 0.5) is 4.39 Å². The molecule has 2 saturated heterocycles. The van der Waals surface area contributed by atoms with Gasteiger partial charge in [-0.2, -0.15) is 0 Å². The summed E-state index contributed by atoms with van der Waals surface area (Å²) in [6.45, 7) is 1.36. The number of benzene rings is 1. The van der Waals surface area contributed by atoms with Crippen molar-refractivity contribution in [2.24, 2.45) is 11.8 Å². The third-order valence-corrected chi connectivity index (χ3v) is 7.43. The molecule has 5 rings (SSSR count). The monoisotopic (exact) mass is 480 g/mol. The summed E-state index contributed by atoms with van der Waals surface area (Å²) in [6.07, 6.45) is 8.95. The number of nitrogens with zero attached hydrogens (tertiary/aromatic N) is 4. The molecule has 2 aromatic rings. The van der Waals surface area contributed by atoms with E-state index in [2.05, 4.69) is 20.8 Å². The van der Waals surface area contributed by atoms with Crippen molar-refractivity contribution in [2.45, 2.75) is 38.1 Å². The van der Waals surface area contributed by atoms with E-state index in [0.29, 0.717) is 38.2 Å². The Hall–Kier alpha value is -3.40. The molecule has 1 aromatic carbocycles. The molecule has 0 spiro atoms. The first-order valence-corrected chi connectivity index (χ1v) is 12.2. The molecule has 3 amide bonds. The van der Waals surface area contributed by atoms with Crippen molar-refractivity contribution in [1.29, 1.82) is 0 Å². The van der Waals surface area contributed by atoms with Gasteiger partial charge >= 0.3 is 0 Å². The summed E-state index contributed by atoms with van der Waals surface area (Å²) in [6, 6.07) is 4.73. The van der Waals surface area contributed by atoms with E-state index in [-0.39, 0.29) is 41.2 Å². The number of amides is 3. The molecule has 3 heterocycles. The Morgan fingerprint density at radius 2 is 1.69 bits per heavy atom. The molecule has 3 unspecified atom stereocenters. The molecule has 9 nitrogen and oxygen atoms in total. The van der Waals surface area contributed by atoms with Gasteiger partial charge in [0.05, 0.1) is 11.1 Å². The zero-order valence-corrected chi connectivity index (χ0v) is 19.5. The third-order valence-electron chi connectivity index (χ3n) is 7.43. The molecule has 2 aliphatic heterocycles. The van der Waals surface area contributed by atoms with Crippen molar-refractivity contribution in [2.75, 3.05) is 26.2 Å². The second-order valence-corrected chi connectivity index (χ2v) is 9.52. The fraction of sp³-hybridized carbons (Fsp3) is 0.480. The summed E-state index contributed by atoms with van der Waals surface area (Å²) in [5, 5.41) is 0. The van der Waals surface area contributed by atoms with Crippen LogP contribution in [0.2, 0.25) is 0 Å². The number of piperazine rings is 1. The average Bonchev–Trinajstić information content (AvgIpc) is 2.91. The van der Waals surface area contributed by atoms with Crippen molar-refractivity contribution in [3.63, 3.8) is 0 Å². The van der Waals surface area contributed by atoms with Crippen LogP contribution in [0.3, 0.4) is 0 Å². The van der Waals surface area contributed by atoms with Crippen LogP contribution in [-0.2, 0) is 11.2 Å². The first-order chi connectivity index (χ1) is 17.0. The highest BCUT2D eigenvalue weighted by Crippen LogP contribution is 2.35. The number of hydrogen-bond donors (Lipinski definition) is 2. The molecule has 3 fully saturated rings. The maximum absolute atomic E-state index is 14.7. The summed E-state index contributed by atoms with van der Waals surface area (Å²) in [5.41, 5.74) is 7.23. The molecule has 10 heteroatoms.